The molecular weight excluding hydrogens is 234 g/mol. The van der Waals surface area contributed by atoms with Gasteiger partial charge >= 0.3 is 0 Å². The highest BCUT2D eigenvalue weighted by atomic mass is 16.6. The van der Waals surface area contributed by atoms with Gasteiger partial charge in [-0.25, -0.2) is 0 Å². The van der Waals surface area contributed by atoms with E-state index in [1.165, 1.54) is 30.5 Å². The molecule has 0 N–H and O–H groups in total. The molecule has 5 nitrogen and oxygen atoms in total. The third kappa shape index (κ3) is 2.52. The number of hydrogen-bond donors (Lipinski definition) is 0. The Morgan fingerprint density at radius 2 is 2.00 bits per heavy atom. The Balaban J connectivity index is 2.24. The molecule has 5 heteroatoms. The van der Waals surface area contributed by atoms with E-state index in [2.05, 4.69) is 0 Å². The predicted molar refractivity (Wildman–Crippen MR) is 65.2 cm³/mol. The fourth-order valence-electron chi connectivity index (χ4n) is 1.46. The van der Waals surface area contributed by atoms with Gasteiger partial charge in [-0.2, -0.15) is 0 Å². The van der Waals surface area contributed by atoms with E-state index >= 15 is 0 Å². The van der Waals surface area contributed by atoms with Crippen molar-refractivity contribution < 1.29 is 14.1 Å². The van der Waals surface area contributed by atoms with Crippen LogP contribution in [0.4, 0.5) is 5.69 Å². The molecule has 0 amide bonds. The van der Waals surface area contributed by atoms with Crippen LogP contribution in [-0.4, -0.2) is 10.7 Å². The van der Waals surface area contributed by atoms with Crippen molar-refractivity contribution in [2.75, 3.05) is 0 Å². The summed E-state index contributed by atoms with van der Waals surface area (Å²) >= 11 is 0. The van der Waals surface area contributed by atoms with Gasteiger partial charge in [-0.15, -0.1) is 0 Å². The molecule has 0 saturated carbocycles. The molecule has 0 unspecified atom stereocenters. The van der Waals surface area contributed by atoms with Crippen molar-refractivity contribution in [1.82, 2.24) is 0 Å². The van der Waals surface area contributed by atoms with Crippen molar-refractivity contribution in [2.24, 2.45) is 0 Å². The number of ketones is 1. The van der Waals surface area contributed by atoms with E-state index in [4.69, 9.17) is 4.42 Å². The first-order valence-corrected chi connectivity index (χ1v) is 5.18. The lowest BCUT2D eigenvalue weighted by Gasteiger charge is -1.95. The number of para-hydroxylation sites is 1. The molecule has 2 rings (SSSR count). The molecule has 2 aromatic rings. The summed E-state index contributed by atoms with van der Waals surface area (Å²) in [5.74, 6) is -0.136. The van der Waals surface area contributed by atoms with Gasteiger partial charge in [0.2, 0.25) is 5.78 Å². The monoisotopic (exact) mass is 243 g/mol. The molecule has 1 aromatic carbocycles. The fourth-order valence-corrected chi connectivity index (χ4v) is 1.46. The number of allylic oxidation sites excluding steroid dienone is 1. The normalized spacial score (nSPS) is 10.7. The lowest BCUT2D eigenvalue weighted by molar-refractivity contribution is -0.385. The number of carbonyl (C=O) groups is 1. The number of benzene rings is 1. The quantitative estimate of drug-likeness (QED) is 0.358. The minimum Gasteiger partial charge on any atom is -0.461 e. The van der Waals surface area contributed by atoms with Crippen LogP contribution in [0.2, 0.25) is 0 Å². The van der Waals surface area contributed by atoms with Crippen molar-refractivity contribution in [1.29, 1.82) is 0 Å². The summed E-state index contributed by atoms with van der Waals surface area (Å²) < 4.78 is 4.93. The molecule has 0 bridgehead atoms. The standard InChI is InChI=1S/C13H9NO4/c15-12(13-6-3-9-18-13)8-7-10-4-1-2-5-11(10)14(16)17/h1-9H. The average molecular weight is 243 g/mol. The molecule has 0 aliphatic carbocycles. The number of furan rings is 1. The molecule has 0 spiro atoms. The zero-order chi connectivity index (χ0) is 13.0. The molecule has 90 valence electrons. The van der Waals surface area contributed by atoms with Crippen molar-refractivity contribution in [3.63, 3.8) is 0 Å². The molecule has 0 fully saturated rings. The zero-order valence-corrected chi connectivity index (χ0v) is 9.28. The Morgan fingerprint density at radius 3 is 2.67 bits per heavy atom. The maximum Gasteiger partial charge on any atom is 0.276 e. The van der Waals surface area contributed by atoms with E-state index in [1.807, 2.05) is 0 Å². The second-order valence-electron chi connectivity index (χ2n) is 3.49. The van der Waals surface area contributed by atoms with Crippen molar-refractivity contribution in [3.05, 3.63) is 70.2 Å². The van der Waals surface area contributed by atoms with Gasteiger partial charge in [-0.1, -0.05) is 12.1 Å². The van der Waals surface area contributed by atoms with Gasteiger partial charge in [-0.05, 0) is 30.4 Å². The molecule has 0 aliphatic rings. The Labute approximate surface area is 103 Å². The van der Waals surface area contributed by atoms with E-state index in [0.717, 1.165) is 0 Å². The van der Waals surface area contributed by atoms with Gasteiger partial charge in [0.1, 0.15) is 0 Å². The number of carbonyl (C=O) groups excluding carboxylic acids is 1. The van der Waals surface area contributed by atoms with Crippen LogP contribution in [0.5, 0.6) is 0 Å². The van der Waals surface area contributed by atoms with Crippen molar-refractivity contribution >= 4 is 17.5 Å². The summed E-state index contributed by atoms with van der Waals surface area (Å²) in [5, 5.41) is 10.8. The first kappa shape index (κ1) is 11.8. The van der Waals surface area contributed by atoms with E-state index in [9.17, 15) is 14.9 Å². The van der Waals surface area contributed by atoms with Crippen LogP contribution < -0.4 is 0 Å². The van der Waals surface area contributed by atoms with Crippen LogP contribution in [0, 0.1) is 10.1 Å². The molecule has 0 radical (unpaired) electrons. The average Bonchev–Trinajstić information content (AvgIpc) is 2.90. The second-order valence-corrected chi connectivity index (χ2v) is 3.49. The summed E-state index contributed by atoms with van der Waals surface area (Å²) in [6.45, 7) is 0. The second kappa shape index (κ2) is 5.09. The van der Waals surface area contributed by atoms with Crippen molar-refractivity contribution in [3.8, 4) is 0 Å². The maximum atomic E-state index is 11.6. The largest absolute Gasteiger partial charge is 0.461 e. The smallest absolute Gasteiger partial charge is 0.276 e. The van der Waals surface area contributed by atoms with E-state index < -0.39 is 4.92 Å². The Kier molecular flexibility index (Phi) is 3.33. The first-order valence-electron chi connectivity index (χ1n) is 5.18. The van der Waals surface area contributed by atoms with Crippen LogP contribution in [-0.2, 0) is 0 Å². The fraction of sp³-hybridized carbons (Fsp3) is 0. The Morgan fingerprint density at radius 1 is 1.22 bits per heavy atom. The summed E-state index contributed by atoms with van der Waals surface area (Å²) in [5.41, 5.74) is 0.336. The molecule has 0 saturated heterocycles. The molecule has 0 atom stereocenters. The van der Waals surface area contributed by atoms with E-state index in [1.54, 1.807) is 24.3 Å². The highest BCUT2D eigenvalue weighted by Crippen LogP contribution is 2.19. The van der Waals surface area contributed by atoms with Crippen LogP contribution in [0.15, 0.2) is 53.2 Å². The van der Waals surface area contributed by atoms with Gasteiger partial charge in [0.15, 0.2) is 5.76 Å². The van der Waals surface area contributed by atoms with Gasteiger partial charge in [0.05, 0.1) is 16.7 Å². The number of nitro benzene ring substituents is 1. The van der Waals surface area contributed by atoms with E-state index in [-0.39, 0.29) is 17.2 Å². The molecule has 0 aliphatic heterocycles. The lowest BCUT2D eigenvalue weighted by Crippen LogP contribution is -1.93. The summed E-state index contributed by atoms with van der Waals surface area (Å²) in [4.78, 5) is 21.9. The molecule has 1 aromatic heterocycles. The number of rotatable bonds is 4. The topological polar surface area (TPSA) is 73.3 Å². The third-order valence-corrected chi connectivity index (χ3v) is 2.31. The summed E-state index contributed by atoms with van der Waals surface area (Å²) in [7, 11) is 0. The summed E-state index contributed by atoms with van der Waals surface area (Å²) in [6, 6.07) is 9.34. The Bertz CT molecular complexity index is 599. The lowest BCUT2D eigenvalue weighted by atomic mass is 10.1. The van der Waals surface area contributed by atoms with Crippen LogP contribution >= 0.6 is 0 Å². The minimum absolute atomic E-state index is 0.0407. The number of nitro groups is 1. The van der Waals surface area contributed by atoms with Gasteiger partial charge in [0.25, 0.3) is 5.69 Å². The SMILES string of the molecule is O=C(C=Cc1ccccc1[N+](=O)[O-])c1ccco1. The summed E-state index contributed by atoms with van der Waals surface area (Å²) in [6.07, 6.45) is 4.05. The van der Waals surface area contributed by atoms with Gasteiger partial charge in [-0.3, -0.25) is 14.9 Å². The molecule has 1 heterocycles. The van der Waals surface area contributed by atoms with E-state index in [0.29, 0.717) is 5.56 Å². The predicted octanol–water partition coefficient (Wildman–Crippen LogP) is 3.08. The first-order chi connectivity index (χ1) is 8.68. The highest BCUT2D eigenvalue weighted by molar-refractivity contribution is 6.05. The Hall–Kier alpha value is -2.69. The molecular formula is C13H9NO4. The zero-order valence-electron chi connectivity index (χ0n) is 9.28. The number of nitrogens with zero attached hydrogens (tertiary/aromatic N) is 1. The van der Waals surface area contributed by atoms with Crippen LogP contribution in [0.25, 0.3) is 6.08 Å². The molecule has 18 heavy (non-hydrogen) atoms. The van der Waals surface area contributed by atoms with Gasteiger partial charge < -0.3 is 4.42 Å². The van der Waals surface area contributed by atoms with Crippen LogP contribution in [0.1, 0.15) is 16.1 Å². The maximum absolute atomic E-state index is 11.6. The van der Waals surface area contributed by atoms with Crippen molar-refractivity contribution in [2.45, 2.75) is 0 Å². The third-order valence-electron chi connectivity index (χ3n) is 2.31. The minimum atomic E-state index is -0.489. The van der Waals surface area contributed by atoms with Gasteiger partial charge in [0, 0.05) is 6.07 Å². The van der Waals surface area contributed by atoms with Crippen LogP contribution in [0.3, 0.4) is 0 Å². The number of hydrogen-bond acceptors (Lipinski definition) is 4. The highest BCUT2D eigenvalue weighted by Gasteiger charge is 2.10.